The second kappa shape index (κ2) is 7.52. The Morgan fingerprint density at radius 1 is 1.00 bits per heavy atom. The molecule has 0 saturated heterocycles. The van der Waals surface area contributed by atoms with Crippen LogP contribution >= 0.6 is 11.3 Å². The predicted molar refractivity (Wildman–Crippen MR) is 99.8 cm³/mol. The van der Waals surface area contributed by atoms with Crippen LogP contribution in [0.3, 0.4) is 0 Å². The molecule has 0 atom stereocenters. The Kier molecular flexibility index (Phi) is 4.98. The van der Waals surface area contributed by atoms with E-state index in [0.29, 0.717) is 5.13 Å². The summed E-state index contributed by atoms with van der Waals surface area (Å²) in [4.78, 5) is 3.89. The molecule has 24 heavy (non-hydrogen) atoms. The number of aryl methyl sites for hydroxylation is 1. The highest BCUT2D eigenvalue weighted by molar-refractivity contribution is 7.15. The maximum atomic E-state index is 4.23. The van der Waals surface area contributed by atoms with E-state index in [1.165, 1.54) is 11.3 Å². The molecule has 0 spiro atoms. The first-order valence-corrected chi connectivity index (χ1v) is 8.12. The summed E-state index contributed by atoms with van der Waals surface area (Å²) in [5.74, 6) is 0. The fraction of sp³-hybridized carbons (Fsp3) is 0.0556. The van der Waals surface area contributed by atoms with Crippen molar-refractivity contribution in [3.63, 3.8) is 0 Å². The summed E-state index contributed by atoms with van der Waals surface area (Å²) in [6.07, 6.45) is 3.91. The van der Waals surface area contributed by atoms with Gasteiger partial charge in [0.15, 0.2) is 0 Å². The average Bonchev–Trinajstić information content (AvgIpc) is 3.07. The number of benzene rings is 2. The lowest BCUT2D eigenvalue weighted by molar-refractivity contribution is 1.05. The number of nitrogens with zero attached hydrogens (tertiary/aromatic N) is 5. The summed E-state index contributed by atoms with van der Waals surface area (Å²) in [6, 6.07) is 15.7. The molecule has 1 aromatic heterocycles. The zero-order valence-electron chi connectivity index (χ0n) is 13.1. The van der Waals surface area contributed by atoms with Gasteiger partial charge in [-0.2, -0.15) is 0 Å². The Bertz CT molecular complexity index is 897. The summed E-state index contributed by atoms with van der Waals surface area (Å²) in [6.45, 7) is 5.47. The van der Waals surface area contributed by atoms with Crippen LogP contribution in [0.5, 0.6) is 0 Å². The van der Waals surface area contributed by atoms with E-state index < -0.39 is 0 Å². The summed E-state index contributed by atoms with van der Waals surface area (Å²) in [5.41, 5.74) is 3.69. The van der Waals surface area contributed by atoms with Crippen molar-refractivity contribution in [3.8, 4) is 0 Å². The van der Waals surface area contributed by atoms with Crippen molar-refractivity contribution in [2.45, 2.75) is 6.92 Å². The molecule has 0 N–H and O–H groups in total. The smallest absolute Gasteiger partial charge is 0.252 e. The normalized spacial score (nSPS) is 11.4. The van der Waals surface area contributed by atoms with Crippen molar-refractivity contribution >= 4 is 46.7 Å². The van der Waals surface area contributed by atoms with Crippen molar-refractivity contribution < 1.29 is 0 Å². The first kappa shape index (κ1) is 15.9. The molecular weight excluding hydrogens is 318 g/mol. The van der Waals surface area contributed by atoms with E-state index in [-0.39, 0.29) is 0 Å². The van der Waals surface area contributed by atoms with Crippen molar-refractivity contribution in [2.24, 2.45) is 15.2 Å². The minimum Gasteiger partial charge on any atom is -0.265 e. The highest BCUT2D eigenvalue weighted by atomic mass is 32.1. The number of aromatic nitrogens is 2. The molecule has 0 amide bonds. The minimum atomic E-state index is 0.521. The van der Waals surface area contributed by atoms with Gasteiger partial charge >= 0.3 is 0 Å². The molecular formula is C18H15N5S. The molecule has 2 aromatic carbocycles. The number of rotatable bonds is 5. The third kappa shape index (κ3) is 4.05. The lowest BCUT2D eigenvalue weighted by Gasteiger charge is -1.99. The van der Waals surface area contributed by atoms with Gasteiger partial charge in [-0.1, -0.05) is 47.7 Å². The largest absolute Gasteiger partial charge is 0.265 e. The number of azo groups is 1. The lowest BCUT2D eigenvalue weighted by Crippen LogP contribution is -1.73. The lowest BCUT2D eigenvalue weighted by atomic mass is 10.2. The predicted octanol–water partition coefficient (Wildman–Crippen LogP) is 5.76. The molecule has 1 heterocycles. The van der Waals surface area contributed by atoms with Gasteiger partial charge in [0, 0.05) is 0 Å². The Labute approximate surface area is 144 Å². The molecule has 0 saturated carbocycles. The highest BCUT2D eigenvalue weighted by Gasteiger charge is 2.02. The van der Waals surface area contributed by atoms with E-state index >= 15 is 0 Å². The molecule has 3 rings (SSSR count). The fourth-order valence-electron chi connectivity index (χ4n) is 2.01. The van der Waals surface area contributed by atoms with Gasteiger partial charge in [-0.25, -0.2) is 0 Å². The molecule has 3 aromatic rings. The molecule has 5 nitrogen and oxygen atoms in total. The van der Waals surface area contributed by atoms with E-state index in [9.17, 15) is 0 Å². The Morgan fingerprint density at radius 2 is 1.83 bits per heavy atom. The van der Waals surface area contributed by atoms with Crippen LogP contribution in [0.25, 0.3) is 12.2 Å². The topological polar surface area (TPSA) is 62.9 Å². The van der Waals surface area contributed by atoms with E-state index in [1.54, 1.807) is 0 Å². The fourth-order valence-corrected chi connectivity index (χ4v) is 2.58. The van der Waals surface area contributed by atoms with Crippen LogP contribution < -0.4 is 0 Å². The summed E-state index contributed by atoms with van der Waals surface area (Å²) in [5, 5.41) is 17.8. The highest BCUT2D eigenvalue weighted by Crippen LogP contribution is 2.27. The van der Waals surface area contributed by atoms with Crippen LogP contribution in [0.1, 0.15) is 16.1 Å². The second-order valence-electron chi connectivity index (χ2n) is 5.00. The van der Waals surface area contributed by atoms with Crippen LogP contribution in [0.4, 0.5) is 16.5 Å². The van der Waals surface area contributed by atoms with Gasteiger partial charge in [-0.15, -0.1) is 20.4 Å². The quantitative estimate of drug-likeness (QED) is 0.440. The summed E-state index contributed by atoms with van der Waals surface area (Å²) in [7, 11) is 0. The van der Waals surface area contributed by atoms with Gasteiger partial charge in [0.2, 0.25) is 0 Å². The van der Waals surface area contributed by atoms with Crippen molar-refractivity contribution in [3.05, 3.63) is 64.7 Å². The van der Waals surface area contributed by atoms with Crippen molar-refractivity contribution in [2.75, 3.05) is 0 Å². The molecule has 0 bridgehead atoms. The first-order chi connectivity index (χ1) is 11.7. The zero-order valence-corrected chi connectivity index (χ0v) is 13.9. The van der Waals surface area contributed by atoms with Gasteiger partial charge in [-0.05, 0) is 49.0 Å². The summed E-state index contributed by atoms with van der Waals surface area (Å²) >= 11 is 1.39. The van der Waals surface area contributed by atoms with Gasteiger partial charge in [0.05, 0.1) is 11.4 Å². The summed E-state index contributed by atoms with van der Waals surface area (Å²) < 4.78 is 0. The van der Waals surface area contributed by atoms with E-state index in [1.807, 2.05) is 67.6 Å². The molecule has 0 aliphatic rings. The molecule has 118 valence electrons. The number of hydrogen-bond donors (Lipinski definition) is 0. The monoisotopic (exact) mass is 333 g/mol. The molecule has 0 aliphatic heterocycles. The van der Waals surface area contributed by atoms with Crippen LogP contribution in [0.15, 0.2) is 63.8 Å². The van der Waals surface area contributed by atoms with Crippen LogP contribution in [-0.4, -0.2) is 16.9 Å². The maximum absolute atomic E-state index is 4.23. The zero-order chi connectivity index (χ0) is 16.8. The van der Waals surface area contributed by atoms with E-state index in [4.69, 9.17) is 0 Å². The first-order valence-electron chi connectivity index (χ1n) is 7.30. The van der Waals surface area contributed by atoms with E-state index in [2.05, 4.69) is 32.1 Å². The third-order valence-corrected chi connectivity index (χ3v) is 4.03. The number of aliphatic imine (C=N–C) groups is 1. The van der Waals surface area contributed by atoms with Crippen LogP contribution in [0.2, 0.25) is 0 Å². The molecule has 0 unspecified atom stereocenters. The Morgan fingerprint density at radius 3 is 2.58 bits per heavy atom. The van der Waals surface area contributed by atoms with Crippen LogP contribution in [-0.2, 0) is 0 Å². The Balaban J connectivity index is 1.72. The third-order valence-electron chi connectivity index (χ3n) is 3.25. The standard InChI is InChI=1S/C18H15N5S/c1-13-12-15(19-2)9-10-16(13)20-22-18-23-21-17(24-18)11-8-14-6-4-3-5-7-14/h3-12H,2H2,1H3/b11-8+,22-20+. The van der Waals surface area contributed by atoms with Gasteiger partial charge in [0.1, 0.15) is 5.01 Å². The van der Waals surface area contributed by atoms with Gasteiger partial charge < -0.3 is 0 Å². The molecule has 0 aliphatic carbocycles. The van der Waals surface area contributed by atoms with E-state index in [0.717, 1.165) is 27.5 Å². The maximum Gasteiger partial charge on any atom is 0.252 e. The molecule has 0 fully saturated rings. The molecule has 0 radical (unpaired) electrons. The second-order valence-corrected chi connectivity index (χ2v) is 5.98. The Hall–Kier alpha value is -2.99. The van der Waals surface area contributed by atoms with Crippen molar-refractivity contribution in [1.29, 1.82) is 0 Å². The SMILES string of the molecule is C=Nc1ccc(/N=N/c2nnc(/C=C/c3ccccc3)s2)c(C)c1. The van der Waals surface area contributed by atoms with Gasteiger partial charge in [-0.3, -0.25) is 4.99 Å². The van der Waals surface area contributed by atoms with Gasteiger partial charge in [0.25, 0.3) is 5.13 Å². The minimum absolute atomic E-state index is 0.521. The number of hydrogen-bond acceptors (Lipinski definition) is 6. The van der Waals surface area contributed by atoms with Crippen LogP contribution in [0, 0.1) is 6.92 Å². The molecule has 6 heteroatoms. The average molecular weight is 333 g/mol. The van der Waals surface area contributed by atoms with Crippen molar-refractivity contribution in [1.82, 2.24) is 10.2 Å².